The second kappa shape index (κ2) is 7.20. The van der Waals surface area contributed by atoms with Gasteiger partial charge < -0.3 is 9.84 Å². The molecule has 0 amide bonds. The van der Waals surface area contributed by atoms with Crippen molar-refractivity contribution in [2.24, 2.45) is 5.92 Å². The summed E-state index contributed by atoms with van der Waals surface area (Å²) in [6.07, 6.45) is 0.385. The van der Waals surface area contributed by atoms with Gasteiger partial charge >= 0.3 is 5.97 Å². The Morgan fingerprint density at radius 1 is 1.52 bits per heavy atom. The zero-order valence-electron chi connectivity index (χ0n) is 11.9. The van der Waals surface area contributed by atoms with Crippen molar-refractivity contribution >= 4 is 17.6 Å². The number of hydrogen-bond acceptors (Lipinski definition) is 4. The van der Waals surface area contributed by atoms with E-state index in [9.17, 15) is 14.3 Å². The Morgan fingerprint density at radius 2 is 2.19 bits per heavy atom. The van der Waals surface area contributed by atoms with Crippen molar-refractivity contribution in [1.29, 1.82) is 0 Å². The smallest absolute Gasteiger partial charge is 0.334 e. The van der Waals surface area contributed by atoms with Crippen LogP contribution in [0.15, 0.2) is 18.2 Å². The van der Waals surface area contributed by atoms with Gasteiger partial charge in [0.1, 0.15) is 5.82 Å². The number of nitrogens with zero attached hydrogens (tertiary/aromatic N) is 1. The van der Waals surface area contributed by atoms with E-state index >= 15 is 0 Å². The molecule has 21 heavy (non-hydrogen) atoms. The fourth-order valence-electron chi connectivity index (χ4n) is 2.63. The van der Waals surface area contributed by atoms with E-state index in [0.29, 0.717) is 11.6 Å². The summed E-state index contributed by atoms with van der Waals surface area (Å²) in [6, 6.07) is 4.40. The van der Waals surface area contributed by atoms with Gasteiger partial charge in [-0.2, -0.15) is 0 Å². The van der Waals surface area contributed by atoms with Crippen molar-refractivity contribution in [3.05, 3.63) is 34.6 Å². The van der Waals surface area contributed by atoms with Crippen molar-refractivity contribution < 1.29 is 19.0 Å². The summed E-state index contributed by atoms with van der Waals surface area (Å²) < 4.78 is 17.6. The van der Waals surface area contributed by atoms with Crippen molar-refractivity contribution in [2.45, 2.75) is 25.5 Å². The molecule has 116 valence electrons. The lowest BCUT2D eigenvalue weighted by Crippen LogP contribution is -2.40. The monoisotopic (exact) mass is 315 g/mol. The van der Waals surface area contributed by atoms with Crippen LogP contribution in [0.4, 0.5) is 4.39 Å². The number of ether oxygens (including phenoxy) is 1. The second-order valence-electron chi connectivity index (χ2n) is 5.32. The molecule has 1 N–H and O–H groups in total. The topological polar surface area (TPSA) is 49.8 Å². The number of aliphatic hydroxyl groups excluding tert-OH is 1. The van der Waals surface area contributed by atoms with E-state index in [2.05, 4.69) is 9.64 Å². The Balaban J connectivity index is 1.88. The first kappa shape index (κ1) is 16.2. The van der Waals surface area contributed by atoms with Crippen LogP contribution in [0, 0.1) is 11.7 Å². The van der Waals surface area contributed by atoms with Crippen LogP contribution in [0.5, 0.6) is 0 Å². The zero-order valence-corrected chi connectivity index (χ0v) is 12.6. The number of esters is 1. The highest BCUT2D eigenvalue weighted by atomic mass is 35.5. The largest absolute Gasteiger partial charge is 0.467 e. The number of carbonyl (C=O) groups is 1. The predicted octanol–water partition coefficient (Wildman–Crippen LogP) is 2.22. The summed E-state index contributed by atoms with van der Waals surface area (Å²) in [5.74, 6) is -0.990. The quantitative estimate of drug-likeness (QED) is 0.866. The summed E-state index contributed by atoms with van der Waals surface area (Å²) >= 11 is 6.02. The van der Waals surface area contributed by atoms with E-state index in [1.54, 1.807) is 6.07 Å². The molecule has 1 aliphatic heterocycles. The first-order chi connectivity index (χ1) is 10.0. The number of halogens is 2. The molecule has 6 heteroatoms. The average molecular weight is 316 g/mol. The van der Waals surface area contributed by atoms with E-state index in [1.807, 2.05) is 0 Å². The van der Waals surface area contributed by atoms with Crippen LogP contribution in [-0.4, -0.2) is 42.3 Å². The normalized spacial score (nSPS) is 18.5. The first-order valence-corrected chi connectivity index (χ1v) is 7.31. The minimum absolute atomic E-state index is 0.0719. The molecule has 0 bridgehead atoms. The third-order valence-electron chi connectivity index (χ3n) is 3.93. The van der Waals surface area contributed by atoms with Crippen molar-refractivity contribution in [3.8, 4) is 0 Å². The zero-order chi connectivity index (χ0) is 15.4. The van der Waals surface area contributed by atoms with E-state index in [0.717, 1.165) is 31.5 Å². The van der Waals surface area contributed by atoms with Gasteiger partial charge in [0, 0.05) is 11.6 Å². The molecule has 1 aromatic carbocycles. The molecule has 4 nitrogen and oxygen atoms in total. The highest BCUT2D eigenvalue weighted by Crippen LogP contribution is 2.25. The molecule has 0 radical (unpaired) electrons. The molecular formula is C15H19ClFNO3. The number of carbonyl (C=O) groups excluding carboxylic acids is 1. The summed E-state index contributed by atoms with van der Waals surface area (Å²) in [5, 5.41) is 10.3. The van der Waals surface area contributed by atoms with Crippen LogP contribution >= 0.6 is 11.6 Å². The number of methoxy groups -OCH3 is 1. The van der Waals surface area contributed by atoms with Gasteiger partial charge in [0.05, 0.1) is 7.11 Å². The summed E-state index contributed by atoms with van der Waals surface area (Å²) in [6.45, 7) is 2.15. The Hall–Kier alpha value is -1.17. The number of rotatable bonds is 4. The average Bonchev–Trinajstić information content (AvgIpc) is 2.49. The summed E-state index contributed by atoms with van der Waals surface area (Å²) in [5.41, 5.74) is 0.880. The highest BCUT2D eigenvalue weighted by Gasteiger charge is 2.30. The van der Waals surface area contributed by atoms with Crippen LogP contribution in [0.2, 0.25) is 5.02 Å². The van der Waals surface area contributed by atoms with Crippen molar-refractivity contribution in [1.82, 2.24) is 4.90 Å². The summed E-state index contributed by atoms with van der Waals surface area (Å²) in [7, 11) is 1.28. The molecular weight excluding hydrogens is 297 g/mol. The molecule has 0 spiro atoms. The molecule has 0 unspecified atom stereocenters. The second-order valence-corrected chi connectivity index (χ2v) is 5.72. The van der Waals surface area contributed by atoms with Gasteiger partial charge in [-0.15, -0.1) is 0 Å². The number of likely N-dealkylation sites (tertiary alicyclic amines) is 1. The molecule has 1 aliphatic rings. The van der Waals surface area contributed by atoms with Gasteiger partial charge in [-0.1, -0.05) is 17.7 Å². The third-order valence-corrected chi connectivity index (χ3v) is 4.28. The molecule has 1 fully saturated rings. The fourth-order valence-corrected chi connectivity index (χ4v) is 2.86. The Bertz CT molecular complexity index is 504. The van der Waals surface area contributed by atoms with Gasteiger partial charge in [0.15, 0.2) is 6.10 Å². The van der Waals surface area contributed by atoms with E-state index < -0.39 is 12.1 Å². The standard InChI is InChI=1S/C15H19ClFNO3/c1-21-15(20)14(19)10-4-6-18(7-5-10)9-11-2-3-12(17)8-13(11)16/h2-3,8,10,14,19H,4-7,9H2,1H3/t14-/m0/s1. The van der Waals surface area contributed by atoms with Crippen LogP contribution in [0.1, 0.15) is 18.4 Å². The molecule has 0 saturated carbocycles. The number of benzene rings is 1. The molecule has 1 heterocycles. The van der Waals surface area contributed by atoms with Crippen LogP contribution < -0.4 is 0 Å². The lowest BCUT2D eigenvalue weighted by molar-refractivity contribution is -0.154. The van der Waals surface area contributed by atoms with E-state index in [4.69, 9.17) is 11.6 Å². The van der Waals surface area contributed by atoms with Gasteiger partial charge in [-0.3, -0.25) is 4.90 Å². The molecule has 1 aromatic rings. The third kappa shape index (κ3) is 4.15. The minimum atomic E-state index is -1.05. The van der Waals surface area contributed by atoms with Gasteiger partial charge in [-0.25, -0.2) is 9.18 Å². The highest BCUT2D eigenvalue weighted by molar-refractivity contribution is 6.31. The van der Waals surface area contributed by atoms with E-state index in [1.165, 1.54) is 19.2 Å². The Labute approximate surface area is 128 Å². The first-order valence-electron chi connectivity index (χ1n) is 6.93. The maximum Gasteiger partial charge on any atom is 0.334 e. The molecule has 0 aromatic heterocycles. The summed E-state index contributed by atoms with van der Waals surface area (Å²) in [4.78, 5) is 13.5. The lowest BCUT2D eigenvalue weighted by Gasteiger charge is -2.33. The number of piperidine rings is 1. The lowest BCUT2D eigenvalue weighted by atomic mass is 9.91. The van der Waals surface area contributed by atoms with Crippen molar-refractivity contribution in [3.63, 3.8) is 0 Å². The number of aliphatic hydroxyl groups is 1. The minimum Gasteiger partial charge on any atom is -0.467 e. The van der Waals surface area contributed by atoms with Gasteiger partial charge in [0.2, 0.25) is 0 Å². The van der Waals surface area contributed by atoms with Gasteiger partial charge in [-0.05, 0) is 49.5 Å². The van der Waals surface area contributed by atoms with Crippen LogP contribution in [0.25, 0.3) is 0 Å². The molecule has 2 rings (SSSR count). The molecule has 0 aliphatic carbocycles. The van der Waals surface area contributed by atoms with Crippen LogP contribution in [-0.2, 0) is 16.1 Å². The molecule has 1 atom stereocenters. The predicted molar refractivity (Wildman–Crippen MR) is 77.4 cm³/mol. The van der Waals surface area contributed by atoms with Crippen LogP contribution in [0.3, 0.4) is 0 Å². The van der Waals surface area contributed by atoms with Crippen molar-refractivity contribution in [2.75, 3.05) is 20.2 Å². The maximum atomic E-state index is 13.0. The maximum absolute atomic E-state index is 13.0. The van der Waals surface area contributed by atoms with Gasteiger partial charge in [0.25, 0.3) is 0 Å². The molecule has 1 saturated heterocycles. The Morgan fingerprint density at radius 3 is 2.76 bits per heavy atom. The Kier molecular flexibility index (Phi) is 5.56. The fraction of sp³-hybridized carbons (Fsp3) is 0.533. The van der Waals surface area contributed by atoms with E-state index in [-0.39, 0.29) is 11.7 Å². The SMILES string of the molecule is COC(=O)[C@@H](O)C1CCN(Cc2ccc(F)cc2Cl)CC1. The number of hydrogen-bond donors (Lipinski definition) is 1.